The van der Waals surface area contributed by atoms with Gasteiger partial charge in [-0.2, -0.15) is 0 Å². The Balaban J connectivity index is 2.73. The summed E-state index contributed by atoms with van der Waals surface area (Å²) in [6, 6.07) is 0. The SMILES string of the molecule is CCC(C)(C)C1OC(O)C=C1C. The summed E-state index contributed by atoms with van der Waals surface area (Å²) in [7, 11) is 0. The van der Waals surface area contributed by atoms with Crippen LogP contribution in [0.2, 0.25) is 0 Å². The van der Waals surface area contributed by atoms with Crippen LogP contribution < -0.4 is 0 Å². The van der Waals surface area contributed by atoms with Gasteiger partial charge < -0.3 is 9.84 Å². The van der Waals surface area contributed by atoms with Gasteiger partial charge in [-0.1, -0.05) is 20.8 Å². The zero-order valence-electron chi connectivity index (χ0n) is 8.29. The first-order valence-corrected chi connectivity index (χ1v) is 4.49. The van der Waals surface area contributed by atoms with Crippen LogP contribution in [0, 0.1) is 5.41 Å². The van der Waals surface area contributed by atoms with Crippen LogP contribution in [0.1, 0.15) is 34.1 Å². The third-order valence-corrected chi connectivity index (χ3v) is 2.72. The highest BCUT2D eigenvalue weighted by molar-refractivity contribution is 5.15. The van der Waals surface area contributed by atoms with E-state index in [9.17, 15) is 5.11 Å². The summed E-state index contributed by atoms with van der Waals surface area (Å²) in [5.74, 6) is 0. The maximum absolute atomic E-state index is 9.23. The number of hydrogen-bond acceptors (Lipinski definition) is 2. The molecule has 0 fully saturated rings. The van der Waals surface area contributed by atoms with Gasteiger partial charge in [-0.3, -0.25) is 0 Å². The third-order valence-electron chi connectivity index (χ3n) is 2.72. The monoisotopic (exact) mass is 170 g/mol. The molecule has 0 saturated heterocycles. The van der Waals surface area contributed by atoms with Crippen molar-refractivity contribution in [3.63, 3.8) is 0 Å². The molecule has 0 radical (unpaired) electrons. The average molecular weight is 170 g/mol. The molecule has 0 bridgehead atoms. The van der Waals surface area contributed by atoms with Crippen molar-refractivity contribution in [2.24, 2.45) is 5.41 Å². The minimum absolute atomic E-state index is 0.0810. The van der Waals surface area contributed by atoms with E-state index in [2.05, 4.69) is 20.8 Å². The van der Waals surface area contributed by atoms with Crippen LogP contribution in [0.4, 0.5) is 0 Å². The first-order chi connectivity index (χ1) is 5.47. The lowest BCUT2D eigenvalue weighted by atomic mass is 9.81. The molecule has 1 aliphatic heterocycles. The Bertz CT molecular complexity index is 194. The summed E-state index contributed by atoms with van der Waals surface area (Å²) in [4.78, 5) is 0. The number of aliphatic hydroxyl groups is 1. The van der Waals surface area contributed by atoms with Crippen LogP contribution in [0.25, 0.3) is 0 Å². The van der Waals surface area contributed by atoms with E-state index in [1.807, 2.05) is 6.92 Å². The molecule has 2 nitrogen and oxygen atoms in total. The summed E-state index contributed by atoms with van der Waals surface area (Å²) >= 11 is 0. The summed E-state index contributed by atoms with van der Waals surface area (Å²) < 4.78 is 5.39. The van der Waals surface area contributed by atoms with Gasteiger partial charge in [0.05, 0.1) is 6.10 Å². The number of rotatable bonds is 2. The summed E-state index contributed by atoms with van der Waals surface area (Å²) in [6.45, 7) is 8.47. The average Bonchev–Trinajstić information content (AvgIpc) is 2.31. The van der Waals surface area contributed by atoms with Crippen LogP contribution in [-0.4, -0.2) is 17.5 Å². The Morgan fingerprint density at radius 2 is 2.17 bits per heavy atom. The van der Waals surface area contributed by atoms with Crippen LogP contribution in [0.15, 0.2) is 11.6 Å². The molecule has 0 aliphatic carbocycles. The highest BCUT2D eigenvalue weighted by Gasteiger charge is 2.35. The molecule has 0 aromatic heterocycles. The lowest BCUT2D eigenvalue weighted by molar-refractivity contribution is -0.109. The van der Waals surface area contributed by atoms with Crippen LogP contribution >= 0.6 is 0 Å². The van der Waals surface area contributed by atoms with E-state index in [-0.39, 0.29) is 11.5 Å². The van der Waals surface area contributed by atoms with Gasteiger partial charge in [0.15, 0.2) is 6.29 Å². The molecule has 1 heterocycles. The van der Waals surface area contributed by atoms with Crippen molar-refractivity contribution < 1.29 is 9.84 Å². The van der Waals surface area contributed by atoms with E-state index >= 15 is 0 Å². The van der Waals surface area contributed by atoms with Gasteiger partial charge in [-0.05, 0) is 30.4 Å². The summed E-state index contributed by atoms with van der Waals surface area (Å²) in [5, 5.41) is 9.23. The van der Waals surface area contributed by atoms with E-state index in [4.69, 9.17) is 4.74 Å². The molecular formula is C10H18O2. The molecule has 1 N–H and O–H groups in total. The van der Waals surface area contributed by atoms with Crippen LogP contribution in [0.3, 0.4) is 0 Å². The lowest BCUT2D eigenvalue weighted by Crippen LogP contribution is -2.31. The van der Waals surface area contributed by atoms with Gasteiger partial charge in [0.2, 0.25) is 0 Å². The fourth-order valence-corrected chi connectivity index (χ4v) is 1.58. The first kappa shape index (κ1) is 9.75. The number of aliphatic hydroxyl groups excluding tert-OH is 1. The smallest absolute Gasteiger partial charge is 0.175 e. The van der Waals surface area contributed by atoms with Gasteiger partial charge in [0.25, 0.3) is 0 Å². The zero-order valence-corrected chi connectivity index (χ0v) is 8.29. The fraction of sp³-hybridized carbons (Fsp3) is 0.800. The number of hydrogen-bond donors (Lipinski definition) is 1. The molecule has 2 atom stereocenters. The summed E-state index contributed by atoms with van der Waals surface area (Å²) in [5.41, 5.74) is 1.27. The Hall–Kier alpha value is -0.340. The standard InChI is InChI=1S/C10H18O2/c1-5-10(3,4)9-7(2)6-8(11)12-9/h6,8-9,11H,5H2,1-4H3. The molecule has 1 aliphatic rings. The van der Waals surface area contributed by atoms with Crippen LogP contribution in [-0.2, 0) is 4.74 Å². The molecule has 2 unspecified atom stereocenters. The van der Waals surface area contributed by atoms with E-state index in [1.165, 1.54) is 0 Å². The molecule has 0 saturated carbocycles. The topological polar surface area (TPSA) is 29.5 Å². The molecule has 12 heavy (non-hydrogen) atoms. The number of ether oxygens (including phenoxy) is 1. The largest absolute Gasteiger partial charge is 0.365 e. The molecule has 70 valence electrons. The van der Waals surface area contributed by atoms with Crippen molar-refractivity contribution in [2.45, 2.75) is 46.5 Å². The predicted octanol–water partition coefficient (Wildman–Crippen LogP) is 2.09. The molecule has 0 aromatic rings. The quantitative estimate of drug-likeness (QED) is 0.643. The van der Waals surface area contributed by atoms with Gasteiger partial charge in [0.1, 0.15) is 0 Å². The highest BCUT2D eigenvalue weighted by atomic mass is 16.6. The first-order valence-electron chi connectivity index (χ1n) is 4.49. The normalized spacial score (nSPS) is 30.6. The van der Waals surface area contributed by atoms with Crippen molar-refractivity contribution in [1.29, 1.82) is 0 Å². The van der Waals surface area contributed by atoms with Gasteiger partial charge >= 0.3 is 0 Å². The summed E-state index contributed by atoms with van der Waals surface area (Å²) in [6.07, 6.45) is 2.22. The highest BCUT2D eigenvalue weighted by Crippen LogP contribution is 2.35. The van der Waals surface area contributed by atoms with Crippen molar-refractivity contribution in [3.05, 3.63) is 11.6 Å². The predicted molar refractivity (Wildman–Crippen MR) is 48.7 cm³/mol. The second kappa shape index (κ2) is 3.19. The Kier molecular flexibility index (Phi) is 2.59. The molecular weight excluding hydrogens is 152 g/mol. The molecule has 0 aromatic carbocycles. The molecule has 0 spiro atoms. The second-order valence-corrected chi connectivity index (χ2v) is 4.16. The van der Waals surface area contributed by atoms with Crippen molar-refractivity contribution in [1.82, 2.24) is 0 Å². The Morgan fingerprint density at radius 3 is 2.50 bits per heavy atom. The third kappa shape index (κ3) is 1.70. The van der Waals surface area contributed by atoms with Crippen molar-refractivity contribution in [3.8, 4) is 0 Å². The van der Waals surface area contributed by atoms with Crippen LogP contribution in [0.5, 0.6) is 0 Å². The van der Waals surface area contributed by atoms with E-state index < -0.39 is 6.29 Å². The van der Waals surface area contributed by atoms with Gasteiger partial charge in [-0.25, -0.2) is 0 Å². The van der Waals surface area contributed by atoms with Gasteiger partial charge in [-0.15, -0.1) is 0 Å². The fourth-order valence-electron chi connectivity index (χ4n) is 1.58. The lowest BCUT2D eigenvalue weighted by Gasteiger charge is -2.31. The van der Waals surface area contributed by atoms with E-state index in [0.717, 1.165) is 12.0 Å². The maximum Gasteiger partial charge on any atom is 0.175 e. The molecule has 2 heteroatoms. The molecule has 0 amide bonds. The minimum Gasteiger partial charge on any atom is -0.365 e. The van der Waals surface area contributed by atoms with Gasteiger partial charge in [0, 0.05) is 0 Å². The van der Waals surface area contributed by atoms with Crippen molar-refractivity contribution in [2.75, 3.05) is 0 Å². The minimum atomic E-state index is -0.694. The van der Waals surface area contributed by atoms with E-state index in [1.54, 1.807) is 6.08 Å². The molecule has 1 rings (SSSR count). The Labute approximate surface area is 74.2 Å². The Morgan fingerprint density at radius 1 is 1.58 bits per heavy atom. The second-order valence-electron chi connectivity index (χ2n) is 4.16. The maximum atomic E-state index is 9.23. The van der Waals surface area contributed by atoms with Crippen molar-refractivity contribution >= 4 is 0 Å². The zero-order chi connectivity index (χ0) is 9.35. The van der Waals surface area contributed by atoms with E-state index in [0.29, 0.717) is 0 Å².